The van der Waals surface area contributed by atoms with Crippen LogP contribution < -0.4 is 0 Å². The topological polar surface area (TPSA) is 52.6 Å². The number of hydrogen-bond donors (Lipinski definition) is 0. The Morgan fingerprint density at radius 1 is 0.583 bits per heavy atom. The van der Waals surface area contributed by atoms with Crippen molar-refractivity contribution in [1.82, 2.24) is 0 Å². The van der Waals surface area contributed by atoms with E-state index >= 15 is 0 Å². The Balaban J connectivity index is 4.86. The van der Waals surface area contributed by atoms with E-state index in [1.165, 1.54) is 39.9 Å². The monoisotopic (exact) mass is 340 g/mol. The van der Waals surface area contributed by atoms with Gasteiger partial charge in [-0.1, -0.05) is 65.2 Å². The maximum Gasteiger partial charge on any atom is 0.334 e. The van der Waals surface area contributed by atoms with Crippen LogP contribution in [0.15, 0.2) is 11.1 Å². The highest BCUT2D eigenvalue weighted by atomic mass is 16.5. The molecule has 0 atom stereocenters. The summed E-state index contributed by atoms with van der Waals surface area (Å²) < 4.78 is 9.81. The summed E-state index contributed by atoms with van der Waals surface area (Å²) >= 11 is 0. The Kier molecular flexibility index (Phi) is 14.4. The average molecular weight is 341 g/mol. The van der Waals surface area contributed by atoms with Gasteiger partial charge in [-0.25, -0.2) is 9.59 Å². The highest BCUT2D eigenvalue weighted by molar-refractivity contribution is 6.00. The van der Waals surface area contributed by atoms with Crippen molar-refractivity contribution in [2.24, 2.45) is 0 Å². The van der Waals surface area contributed by atoms with Crippen molar-refractivity contribution in [3.8, 4) is 0 Å². The summed E-state index contributed by atoms with van der Waals surface area (Å²) in [7, 11) is 2.74. The minimum absolute atomic E-state index is 0.389. The molecule has 0 radical (unpaired) electrons. The summed E-state index contributed by atoms with van der Waals surface area (Å²) in [5.74, 6) is -0.780. The number of unbranched alkanes of at least 4 members (excludes halogenated alkanes) is 8. The van der Waals surface area contributed by atoms with Gasteiger partial charge in [0.1, 0.15) is 0 Å². The molecule has 0 aliphatic carbocycles. The number of hydrogen-bond acceptors (Lipinski definition) is 4. The first kappa shape index (κ1) is 22.7. The standard InChI is InChI=1S/C20H36O4/c1-5-7-9-11-12-14-16-18(20(22)24-4)17(19(21)23-3)15-13-10-8-6-2/h5-16H2,1-4H3/b18-17+. The fourth-order valence-corrected chi connectivity index (χ4v) is 2.81. The lowest BCUT2D eigenvalue weighted by Crippen LogP contribution is -2.15. The van der Waals surface area contributed by atoms with E-state index in [4.69, 9.17) is 9.47 Å². The molecule has 0 aliphatic heterocycles. The Labute approximate surface area is 148 Å². The average Bonchev–Trinajstić information content (AvgIpc) is 2.61. The number of carbonyl (C=O) groups is 2. The predicted molar refractivity (Wildman–Crippen MR) is 97.8 cm³/mol. The zero-order valence-corrected chi connectivity index (χ0v) is 16.1. The van der Waals surface area contributed by atoms with Crippen molar-refractivity contribution in [2.45, 2.75) is 90.9 Å². The van der Waals surface area contributed by atoms with Crippen molar-refractivity contribution >= 4 is 11.9 Å². The number of rotatable bonds is 14. The summed E-state index contributed by atoms with van der Waals surface area (Å²) in [5, 5.41) is 0. The maximum atomic E-state index is 12.1. The number of esters is 2. The van der Waals surface area contributed by atoms with Crippen LogP contribution in [-0.4, -0.2) is 26.2 Å². The van der Waals surface area contributed by atoms with Crippen LogP contribution in [0.3, 0.4) is 0 Å². The molecule has 0 aromatic carbocycles. The Morgan fingerprint density at radius 3 is 1.29 bits per heavy atom. The van der Waals surface area contributed by atoms with E-state index < -0.39 is 5.97 Å². The molecule has 0 bridgehead atoms. The first-order chi connectivity index (χ1) is 11.6. The number of ether oxygens (including phenoxy) is 2. The molecule has 0 saturated carbocycles. The van der Waals surface area contributed by atoms with Crippen molar-refractivity contribution in [2.75, 3.05) is 14.2 Å². The van der Waals surface area contributed by atoms with Gasteiger partial charge in [0.15, 0.2) is 0 Å². The third-order valence-corrected chi connectivity index (χ3v) is 4.29. The second-order valence-corrected chi connectivity index (χ2v) is 6.27. The molecule has 0 rings (SSSR count). The van der Waals surface area contributed by atoms with Gasteiger partial charge in [0.05, 0.1) is 14.2 Å². The number of methoxy groups -OCH3 is 2. The van der Waals surface area contributed by atoms with E-state index in [-0.39, 0.29) is 5.97 Å². The molecule has 0 fully saturated rings. The van der Waals surface area contributed by atoms with Gasteiger partial charge >= 0.3 is 11.9 Å². The summed E-state index contributed by atoms with van der Waals surface area (Å²) in [6.45, 7) is 4.34. The largest absolute Gasteiger partial charge is 0.466 e. The van der Waals surface area contributed by atoms with E-state index in [1.807, 2.05) is 0 Å². The highest BCUT2D eigenvalue weighted by Gasteiger charge is 2.21. The van der Waals surface area contributed by atoms with Gasteiger partial charge in [0.25, 0.3) is 0 Å². The molecule has 0 heterocycles. The predicted octanol–water partition coefficient (Wildman–Crippen LogP) is 5.35. The van der Waals surface area contributed by atoms with Gasteiger partial charge in [-0.05, 0) is 25.7 Å². The van der Waals surface area contributed by atoms with E-state index in [1.54, 1.807) is 0 Å². The third-order valence-electron chi connectivity index (χ3n) is 4.29. The zero-order valence-electron chi connectivity index (χ0n) is 16.1. The third kappa shape index (κ3) is 9.74. The Morgan fingerprint density at radius 2 is 0.917 bits per heavy atom. The fourth-order valence-electron chi connectivity index (χ4n) is 2.81. The summed E-state index contributed by atoms with van der Waals surface area (Å²) in [4.78, 5) is 24.3. The molecule has 24 heavy (non-hydrogen) atoms. The molecule has 0 N–H and O–H groups in total. The van der Waals surface area contributed by atoms with E-state index in [9.17, 15) is 9.59 Å². The summed E-state index contributed by atoms with van der Waals surface area (Å²) in [6.07, 6.45) is 12.3. The highest BCUT2D eigenvalue weighted by Crippen LogP contribution is 2.22. The molecule has 0 unspecified atom stereocenters. The van der Waals surface area contributed by atoms with Crippen LogP contribution >= 0.6 is 0 Å². The van der Waals surface area contributed by atoms with Gasteiger partial charge in [-0.2, -0.15) is 0 Å². The molecular formula is C20H36O4. The van der Waals surface area contributed by atoms with Crippen molar-refractivity contribution in [3.05, 3.63) is 11.1 Å². The molecule has 0 saturated heterocycles. The van der Waals surface area contributed by atoms with Gasteiger partial charge in [0.2, 0.25) is 0 Å². The van der Waals surface area contributed by atoms with E-state index in [2.05, 4.69) is 13.8 Å². The SMILES string of the molecule is CCCCCCCC/C(C(=O)OC)=C(/CCCCCC)C(=O)OC. The minimum atomic E-state index is -0.391. The molecule has 4 nitrogen and oxygen atoms in total. The van der Waals surface area contributed by atoms with Crippen LogP contribution in [0.1, 0.15) is 90.9 Å². The Bertz CT molecular complexity index is 385. The summed E-state index contributed by atoms with van der Waals surface area (Å²) in [6, 6.07) is 0. The zero-order chi connectivity index (χ0) is 18.2. The first-order valence-electron chi connectivity index (χ1n) is 9.50. The van der Waals surface area contributed by atoms with Gasteiger partial charge in [0, 0.05) is 11.1 Å². The quantitative estimate of drug-likeness (QED) is 0.243. The molecule has 4 heteroatoms. The summed E-state index contributed by atoms with van der Waals surface area (Å²) in [5.41, 5.74) is 1.02. The molecule has 140 valence electrons. The normalized spacial score (nSPS) is 11.8. The van der Waals surface area contributed by atoms with E-state index in [0.717, 1.165) is 38.5 Å². The molecule has 0 aliphatic rings. The second kappa shape index (κ2) is 15.2. The van der Waals surface area contributed by atoms with Crippen LogP contribution in [0.4, 0.5) is 0 Å². The van der Waals surface area contributed by atoms with Crippen LogP contribution in [0.25, 0.3) is 0 Å². The van der Waals surface area contributed by atoms with Gasteiger partial charge in [-0.15, -0.1) is 0 Å². The molecule has 0 amide bonds. The van der Waals surface area contributed by atoms with E-state index in [0.29, 0.717) is 24.0 Å². The first-order valence-corrected chi connectivity index (χ1v) is 9.50. The van der Waals surface area contributed by atoms with Crippen molar-refractivity contribution < 1.29 is 19.1 Å². The second-order valence-electron chi connectivity index (χ2n) is 6.27. The molecule has 0 aromatic rings. The maximum absolute atomic E-state index is 12.1. The van der Waals surface area contributed by atoms with Gasteiger partial charge in [-0.3, -0.25) is 0 Å². The lowest BCUT2D eigenvalue weighted by atomic mass is 9.96. The lowest BCUT2D eigenvalue weighted by Gasteiger charge is -2.13. The molecule has 0 aromatic heterocycles. The van der Waals surface area contributed by atoms with Crippen LogP contribution in [-0.2, 0) is 19.1 Å². The molecule has 0 spiro atoms. The Hall–Kier alpha value is -1.32. The molecular weight excluding hydrogens is 304 g/mol. The van der Waals surface area contributed by atoms with Crippen molar-refractivity contribution in [3.63, 3.8) is 0 Å². The fraction of sp³-hybridized carbons (Fsp3) is 0.800. The minimum Gasteiger partial charge on any atom is -0.466 e. The van der Waals surface area contributed by atoms with Crippen LogP contribution in [0.2, 0.25) is 0 Å². The smallest absolute Gasteiger partial charge is 0.334 e. The number of carbonyl (C=O) groups excluding carboxylic acids is 2. The van der Waals surface area contributed by atoms with Crippen molar-refractivity contribution in [1.29, 1.82) is 0 Å². The van der Waals surface area contributed by atoms with Gasteiger partial charge < -0.3 is 9.47 Å². The lowest BCUT2D eigenvalue weighted by molar-refractivity contribution is -0.139. The van der Waals surface area contributed by atoms with Crippen LogP contribution in [0.5, 0.6) is 0 Å². The van der Waals surface area contributed by atoms with Crippen LogP contribution in [0, 0.1) is 0 Å².